The summed E-state index contributed by atoms with van der Waals surface area (Å²) in [6.45, 7) is 0.978. The Bertz CT molecular complexity index is 1240. The number of imidazole rings is 1. The number of amides is 1. The molecule has 2 fully saturated rings. The van der Waals surface area contributed by atoms with Gasteiger partial charge in [0.05, 0.1) is 32.3 Å². The Labute approximate surface area is 207 Å². The molecule has 1 aliphatic heterocycles. The highest BCUT2D eigenvalue weighted by atomic mass is 35.5. The summed E-state index contributed by atoms with van der Waals surface area (Å²) in [7, 11) is 0. The lowest BCUT2D eigenvalue weighted by Crippen LogP contribution is -2.19. The summed E-state index contributed by atoms with van der Waals surface area (Å²) in [5.74, 6) is 0.636. The maximum Gasteiger partial charge on any atom is 0.264 e. The Morgan fingerprint density at radius 3 is 2.73 bits per heavy atom. The van der Waals surface area contributed by atoms with Gasteiger partial charge in [0.1, 0.15) is 5.69 Å². The fraction of sp³-hybridized carbons (Fsp3) is 0.320. The number of amidine groups is 1. The van der Waals surface area contributed by atoms with Crippen LogP contribution in [-0.2, 0) is 11.3 Å². The third-order valence-corrected chi connectivity index (χ3v) is 7.77. The van der Waals surface area contributed by atoms with Gasteiger partial charge in [0, 0.05) is 6.54 Å². The highest BCUT2D eigenvalue weighted by Crippen LogP contribution is 2.36. The van der Waals surface area contributed by atoms with Crippen LogP contribution in [0, 0.1) is 5.92 Å². The molecule has 5 nitrogen and oxygen atoms in total. The van der Waals surface area contributed by atoms with Crippen LogP contribution in [0.1, 0.15) is 44.1 Å². The van der Waals surface area contributed by atoms with Gasteiger partial charge in [0.25, 0.3) is 5.91 Å². The van der Waals surface area contributed by atoms with Crippen LogP contribution in [0.5, 0.6) is 0 Å². The SMILES string of the molecule is O=C1NC(=Nc2c(Cl)cccc2Cl)S/C1=C\c1ccc2ncn(CCC3CCCCC3)c2c1. The highest BCUT2D eigenvalue weighted by Gasteiger charge is 2.24. The molecule has 1 aromatic heterocycles. The lowest BCUT2D eigenvalue weighted by Gasteiger charge is -2.21. The third-order valence-electron chi connectivity index (χ3n) is 6.25. The molecule has 0 radical (unpaired) electrons. The smallest absolute Gasteiger partial charge is 0.264 e. The van der Waals surface area contributed by atoms with Gasteiger partial charge in [0.2, 0.25) is 0 Å². The van der Waals surface area contributed by atoms with Crippen LogP contribution in [0.25, 0.3) is 17.1 Å². The minimum atomic E-state index is -0.187. The predicted octanol–water partition coefficient (Wildman–Crippen LogP) is 7.21. The van der Waals surface area contributed by atoms with Crippen molar-refractivity contribution in [2.75, 3.05) is 0 Å². The molecule has 1 amide bonds. The fourth-order valence-corrected chi connectivity index (χ4v) is 5.78. The number of nitrogens with one attached hydrogen (secondary N) is 1. The molecule has 0 atom stereocenters. The number of carbonyl (C=O) groups excluding carboxylic acids is 1. The quantitative estimate of drug-likeness (QED) is 0.378. The van der Waals surface area contributed by atoms with E-state index in [1.54, 1.807) is 18.2 Å². The number of aliphatic imine (C=N–C) groups is 1. The van der Waals surface area contributed by atoms with E-state index in [1.165, 1.54) is 50.3 Å². The predicted molar refractivity (Wildman–Crippen MR) is 138 cm³/mol. The molecule has 5 rings (SSSR count). The highest BCUT2D eigenvalue weighted by molar-refractivity contribution is 8.18. The fourth-order valence-electron chi connectivity index (χ4n) is 4.47. The molecule has 33 heavy (non-hydrogen) atoms. The van der Waals surface area contributed by atoms with Crippen molar-refractivity contribution in [2.45, 2.75) is 45.1 Å². The number of halogens is 2. The number of rotatable bonds is 5. The number of thioether (sulfide) groups is 1. The second-order valence-corrected chi connectivity index (χ2v) is 10.4. The van der Waals surface area contributed by atoms with Gasteiger partial charge in [-0.3, -0.25) is 4.79 Å². The van der Waals surface area contributed by atoms with Crippen LogP contribution in [0.2, 0.25) is 10.0 Å². The zero-order valence-electron chi connectivity index (χ0n) is 18.1. The average Bonchev–Trinajstić information content (AvgIpc) is 3.38. The van der Waals surface area contributed by atoms with Crippen LogP contribution in [0.4, 0.5) is 5.69 Å². The van der Waals surface area contributed by atoms with Crippen LogP contribution in [0.3, 0.4) is 0 Å². The molecule has 1 aliphatic carbocycles. The molecule has 1 saturated heterocycles. The van der Waals surface area contributed by atoms with E-state index in [-0.39, 0.29) is 5.91 Å². The number of fused-ring (bicyclic) bond motifs is 1. The van der Waals surface area contributed by atoms with E-state index >= 15 is 0 Å². The van der Waals surface area contributed by atoms with Gasteiger partial charge >= 0.3 is 0 Å². The Kier molecular flexibility index (Phi) is 6.76. The first-order valence-corrected chi connectivity index (χ1v) is 12.8. The molecule has 3 aromatic rings. The van der Waals surface area contributed by atoms with Gasteiger partial charge < -0.3 is 9.88 Å². The number of para-hydroxylation sites is 1. The summed E-state index contributed by atoms with van der Waals surface area (Å²) in [5.41, 5.74) is 3.48. The zero-order chi connectivity index (χ0) is 22.8. The Balaban J connectivity index is 1.35. The van der Waals surface area contributed by atoms with E-state index in [0.29, 0.717) is 25.8 Å². The second-order valence-electron chi connectivity index (χ2n) is 8.53. The van der Waals surface area contributed by atoms with Crippen LogP contribution < -0.4 is 5.32 Å². The molecule has 1 saturated carbocycles. The number of hydrogen-bond donors (Lipinski definition) is 1. The number of carbonyl (C=O) groups is 1. The van der Waals surface area contributed by atoms with Crippen molar-refractivity contribution in [2.24, 2.45) is 10.9 Å². The molecule has 0 unspecified atom stereocenters. The van der Waals surface area contributed by atoms with Crippen LogP contribution in [-0.4, -0.2) is 20.6 Å². The lowest BCUT2D eigenvalue weighted by atomic mass is 9.87. The van der Waals surface area contributed by atoms with Gasteiger partial charge in [-0.05, 0) is 60.0 Å². The molecule has 2 aliphatic rings. The van der Waals surface area contributed by atoms with Crippen molar-refractivity contribution >= 4 is 68.8 Å². The molecule has 0 bridgehead atoms. The van der Waals surface area contributed by atoms with Crippen molar-refractivity contribution in [3.8, 4) is 0 Å². The summed E-state index contributed by atoms with van der Waals surface area (Å²) >= 11 is 13.7. The van der Waals surface area contributed by atoms with E-state index in [0.717, 1.165) is 29.1 Å². The average molecular weight is 499 g/mol. The van der Waals surface area contributed by atoms with Gasteiger partial charge in [-0.1, -0.05) is 67.4 Å². The molecule has 2 aromatic carbocycles. The Morgan fingerprint density at radius 1 is 1.15 bits per heavy atom. The van der Waals surface area contributed by atoms with Crippen molar-refractivity contribution in [1.29, 1.82) is 0 Å². The van der Waals surface area contributed by atoms with Crippen LogP contribution >= 0.6 is 35.0 Å². The number of nitrogens with zero attached hydrogens (tertiary/aromatic N) is 3. The summed E-state index contributed by atoms with van der Waals surface area (Å²) in [6, 6.07) is 11.3. The maximum atomic E-state index is 12.5. The topological polar surface area (TPSA) is 59.3 Å². The molecular weight excluding hydrogens is 475 g/mol. The summed E-state index contributed by atoms with van der Waals surface area (Å²) in [4.78, 5) is 22.1. The third kappa shape index (κ3) is 5.13. The van der Waals surface area contributed by atoms with Crippen molar-refractivity contribution < 1.29 is 4.79 Å². The molecule has 2 heterocycles. The molecule has 8 heteroatoms. The zero-order valence-corrected chi connectivity index (χ0v) is 20.4. The normalized spacial score (nSPS) is 19.6. The monoisotopic (exact) mass is 498 g/mol. The van der Waals surface area contributed by atoms with E-state index in [4.69, 9.17) is 23.2 Å². The van der Waals surface area contributed by atoms with Crippen molar-refractivity contribution in [1.82, 2.24) is 14.9 Å². The molecule has 170 valence electrons. The first kappa shape index (κ1) is 22.5. The minimum Gasteiger partial charge on any atom is -0.331 e. The molecular formula is C25H24Cl2N4OS. The summed E-state index contributed by atoms with van der Waals surface area (Å²) < 4.78 is 2.24. The number of aryl methyl sites for hydroxylation is 1. The summed E-state index contributed by atoms with van der Waals surface area (Å²) in [6.07, 6.45) is 11.8. The van der Waals surface area contributed by atoms with E-state index in [2.05, 4.69) is 25.9 Å². The molecule has 0 spiro atoms. The number of hydrogen-bond acceptors (Lipinski definition) is 4. The standard InChI is InChI=1S/C25H24Cl2N4OS/c26-18-7-4-8-19(27)23(18)29-25-30-24(32)22(33-25)14-17-9-10-20-21(13-17)31(15-28-20)12-11-16-5-2-1-3-6-16/h4,7-10,13-16H,1-3,5-6,11-12H2,(H,29,30,32)/b22-14-. The first-order valence-electron chi connectivity index (χ1n) is 11.3. The van der Waals surface area contributed by atoms with Crippen molar-refractivity contribution in [3.05, 3.63) is 63.2 Å². The van der Waals surface area contributed by atoms with E-state index in [1.807, 2.05) is 24.5 Å². The number of benzene rings is 2. The van der Waals surface area contributed by atoms with Gasteiger partial charge in [-0.25, -0.2) is 9.98 Å². The van der Waals surface area contributed by atoms with E-state index < -0.39 is 0 Å². The second kappa shape index (κ2) is 9.92. The van der Waals surface area contributed by atoms with E-state index in [9.17, 15) is 4.79 Å². The Morgan fingerprint density at radius 2 is 1.94 bits per heavy atom. The van der Waals surface area contributed by atoms with Gasteiger partial charge in [-0.2, -0.15) is 0 Å². The largest absolute Gasteiger partial charge is 0.331 e. The van der Waals surface area contributed by atoms with Crippen LogP contribution in [0.15, 0.2) is 52.6 Å². The van der Waals surface area contributed by atoms with Gasteiger partial charge in [0.15, 0.2) is 5.17 Å². The maximum absolute atomic E-state index is 12.5. The minimum absolute atomic E-state index is 0.187. The van der Waals surface area contributed by atoms with Gasteiger partial charge in [-0.15, -0.1) is 0 Å². The van der Waals surface area contributed by atoms with Crippen molar-refractivity contribution in [3.63, 3.8) is 0 Å². The lowest BCUT2D eigenvalue weighted by molar-refractivity contribution is -0.115. The number of aromatic nitrogens is 2. The molecule has 1 N–H and O–H groups in total. The summed E-state index contributed by atoms with van der Waals surface area (Å²) in [5, 5.41) is 4.13. The Hall–Kier alpha value is -2.28. The first-order chi connectivity index (χ1) is 16.1.